The summed E-state index contributed by atoms with van der Waals surface area (Å²) in [6.07, 6.45) is 1.05. The monoisotopic (exact) mass is 135 g/mol. The Kier molecular flexibility index (Phi) is 7.52. The van der Waals surface area contributed by atoms with E-state index in [1.807, 2.05) is 11.8 Å². The number of rotatable bonds is 5. The number of hydrogen-bond acceptors (Lipinski definition) is 3. The number of thioether (sulfide) groups is 1. The van der Waals surface area contributed by atoms with Crippen LogP contribution in [0.2, 0.25) is 0 Å². The molecule has 2 nitrogen and oxygen atoms in total. The molecule has 3 heteroatoms. The molecule has 0 atom stereocenters. The molecule has 0 aromatic carbocycles. The molecule has 2 N–H and O–H groups in total. The van der Waals surface area contributed by atoms with Crippen LogP contribution in [0.1, 0.15) is 13.3 Å². The third kappa shape index (κ3) is 6.27. The van der Waals surface area contributed by atoms with Crippen molar-refractivity contribution < 1.29 is 5.21 Å². The van der Waals surface area contributed by atoms with Crippen LogP contribution in [0.25, 0.3) is 0 Å². The van der Waals surface area contributed by atoms with E-state index in [-0.39, 0.29) is 0 Å². The van der Waals surface area contributed by atoms with Crippen molar-refractivity contribution in [1.82, 2.24) is 5.48 Å². The van der Waals surface area contributed by atoms with Crippen molar-refractivity contribution >= 4 is 11.8 Å². The lowest BCUT2D eigenvalue weighted by Gasteiger charge is -1.95. The number of nitrogens with one attached hydrogen (secondary N) is 1. The molecule has 0 aliphatic carbocycles. The molecular formula is C5H13NOS. The van der Waals surface area contributed by atoms with Gasteiger partial charge in [0.2, 0.25) is 0 Å². The first kappa shape index (κ1) is 8.27. The molecule has 0 aliphatic rings. The fourth-order valence-electron chi connectivity index (χ4n) is 0.398. The van der Waals surface area contributed by atoms with E-state index in [2.05, 4.69) is 12.4 Å². The standard InChI is InChI=1S/C5H13NOS/c1-2-8-5-3-4-6-7/h6-7H,2-5H2,1H3. The van der Waals surface area contributed by atoms with E-state index in [1.165, 1.54) is 5.75 Å². The molecule has 0 aromatic rings. The average Bonchev–Trinajstić information content (AvgIpc) is 1.81. The van der Waals surface area contributed by atoms with Gasteiger partial charge in [0.05, 0.1) is 0 Å². The Morgan fingerprint density at radius 2 is 2.38 bits per heavy atom. The summed E-state index contributed by atoms with van der Waals surface area (Å²) in [5, 5.41) is 8.11. The minimum atomic E-state index is 0.715. The Labute approximate surface area is 54.6 Å². The van der Waals surface area contributed by atoms with E-state index in [1.54, 1.807) is 0 Å². The molecule has 0 spiro atoms. The first-order valence-electron chi connectivity index (χ1n) is 2.86. The molecule has 0 fully saturated rings. The quantitative estimate of drug-likeness (QED) is 0.437. The first-order valence-corrected chi connectivity index (χ1v) is 4.02. The third-order valence-electron chi connectivity index (χ3n) is 0.781. The van der Waals surface area contributed by atoms with E-state index in [4.69, 9.17) is 5.21 Å². The van der Waals surface area contributed by atoms with Gasteiger partial charge in [-0.2, -0.15) is 11.8 Å². The molecule has 0 aromatic heterocycles. The lowest BCUT2D eigenvalue weighted by Crippen LogP contribution is -2.08. The van der Waals surface area contributed by atoms with E-state index in [9.17, 15) is 0 Å². The van der Waals surface area contributed by atoms with Gasteiger partial charge in [-0.1, -0.05) is 6.92 Å². The smallest absolute Gasteiger partial charge is 0.0215 e. The predicted molar refractivity (Wildman–Crippen MR) is 37.4 cm³/mol. The Hall–Kier alpha value is 0.270. The van der Waals surface area contributed by atoms with Crippen molar-refractivity contribution in [3.63, 3.8) is 0 Å². The van der Waals surface area contributed by atoms with Crippen molar-refractivity contribution in [2.24, 2.45) is 0 Å². The molecule has 0 unspecified atom stereocenters. The van der Waals surface area contributed by atoms with Crippen LogP contribution in [0.3, 0.4) is 0 Å². The van der Waals surface area contributed by atoms with Crippen molar-refractivity contribution in [3.05, 3.63) is 0 Å². The summed E-state index contributed by atoms with van der Waals surface area (Å²) in [4.78, 5) is 0. The summed E-state index contributed by atoms with van der Waals surface area (Å²) in [6, 6.07) is 0. The van der Waals surface area contributed by atoms with Crippen LogP contribution in [0.15, 0.2) is 0 Å². The van der Waals surface area contributed by atoms with E-state index in [0.717, 1.165) is 12.2 Å². The molecule has 0 radical (unpaired) electrons. The minimum absolute atomic E-state index is 0.715. The molecular weight excluding hydrogens is 122 g/mol. The normalized spacial score (nSPS) is 9.75. The van der Waals surface area contributed by atoms with Crippen LogP contribution in [0.4, 0.5) is 0 Å². The van der Waals surface area contributed by atoms with Gasteiger partial charge >= 0.3 is 0 Å². The van der Waals surface area contributed by atoms with Gasteiger partial charge in [-0.15, -0.1) is 0 Å². The third-order valence-corrected chi connectivity index (χ3v) is 1.77. The topological polar surface area (TPSA) is 32.3 Å². The maximum Gasteiger partial charge on any atom is 0.0215 e. The Morgan fingerprint density at radius 1 is 1.62 bits per heavy atom. The summed E-state index contributed by atoms with van der Waals surface area (Å²) < 4.78 is 0. The predicted octanol–water partition coefficient (Wildman–Crippen LogP) is 1.11. The zero-order valence-corrected chi connectivity index (χ0v) is 6.00. The lowest BCUT2D eigenvalue weighted by molar-refractivity contribution is 0.167. The van der Waals surface area contributed by atoms with Crippen molar-refractivity contribution in [2.75, 3.05) is 18.1 Å². The van der Waals surface area contributed by atoms with E-state index >= 15 is 0 Å². The summed E-state index contributed by atoms with van der Waals surface area (Å²) >= 11 is 1.90. The molecule has 50 valence electrons. The van der Waals surface area contributed by atoms with Gasteiger partial charge in [0, 0.05) is 6.54 Å². The van der Waals surface area contributed by atoms with Crippen molar-refractivity contribution in [3.8, 4) is 0 Å². The minimum Gasteiger partial charge on any atom is -0.317 e. The number of hydroxylamine groups is 1. The fraction of sp³-hybridized carbons (Fsp3) is 1.00. The molecule has 0 aliphatic heterocycles. The average molecular weight is 135 g/mol. The highest BCUT2D eigenvalue weighted by molar-refractivity contribution is 7.99. The van der Waals surface area contributed by atoms with Crippen LogP contribution in [-0.4, -0.2) is 23.3 Å². The first-order chi connectivity index (χ1) is 3.91. The molecule has 8 heavy (non-hydrogen) atoms. The summed E-state index contributed by atoms with van der Waals surface area (Å²) in [7, 11) is 0. The SMILES string of the molecule is CCSCCCNO. The molecule has 0 bridgehead atoms. The van der Waals surface area contributed by atoms with Gasteiger partial charge in [-0.05, 0) is 17.9 Å². The second kappa shape index (κ2) is 7.27. The van der Waals surface area contributed by atoms with E-state index < -0.39 is 0 Å². The molecule has 0 saturated heterocycles. The molecule has 0 amide bonds. The maximum atomic E-state index is 8.11. The van der Waals surface area contributed by atoms with Gasteiger partial charge in [0.1, 0.15) is 0 Å². The van der Waals surface area contributed by atoms with Crippen LogP contribution < -0.4 is 5.48 Å². The summed E-state index contributed by atoms with van der Waals surface area (Å²) in [5.74, 6) is 2.31. The van der Waals surface area contributed by atoms with Gasteiger partial charge in [0.15, 0.2) is 0 Å². The summed E-state index contributed by atoms with van der Waals surface area (Å²) in [5.41, 5.74) is 2.11. The number of hydrogen-bond donors (Lipinski definition) is 2. The van der Waals surface area contributed by atoms with Gasteiger partial charge in [-0.25, -0.2) is 5.48 Å². The zero-order chi connectivity index (χ0) is 6.24. The maximum absolute atomic E-state index is 8.11. The molecule has 0 rings (SSSR count). The van der Waals surface area contributed by atoms with Crippen LogP contribution in [-0.2, 0) is 0 Å². The summed E-state index contributed by atoms with van der Waals surface area (Å²) in [6.45, 7) is 2.85. The molecule has 0 saturated carbocycles. The van der Waals surface area contributed by atoms with Crippen LogP contribution >= 0.6 is 11.8 Å². The Bertz CT molecular complexity index is 37.4. The highest BCUT2D eigenvalue weighted by atomic mass is 32.2. The molecule has 0 heterocycles. The Morgan fingerprint density at radius 3 is 2.88 bits per heavy atom. The fourth-order valence-corrected chi connectivity index (χ4v) is 1.03. The van der Waals surface area contributed by atoms with Crippen molar-refractivity contribution in [2.45, 2.75) is 13.3 Å². The largest absolute Gasteiger partial charge is 0.317 e. The van der Waals surface area contributed by atoms with Crippen LogP contribution in [0, 0.1) is 0 Å². The van der Waals surface area contributed by atoms with Crippen LogP contribution in [0.5, 0.6) is 0 Å². The van der Waals surface area contributed by atoms with Gasteiger partial charge < -0.3 is 5.21 Å². The van der Waals surface area contributed by atoms with E-state index in [0.29, 0.717) is 6.54 Å². The van der Waals surface area contributed by atoms with Gasteiger partial charge in [0.25, 0.3) is 0 Å². The van der Waals surface area contributed by atoms with Crippen molar-refractivity contribution in [1.29, 1.82) is 0 Å². The second-order valence-corrected chi connectivity index (χ2v) is 2.85. The lowest BCUT2D eigenvalue weighted by atomic mass is 10.5. The van der Waals surface area contributed by atoms with Gasteiger partial charge in [-0.3, -0.25) is 0 Å². The highest BCUT2D eigenvalue weighted by Crippen LogP contribution is 1.98. The zero-order valence-electron chi connectivity index (χ0n) is 5.18. The Balaban J connectivity index is 2.53. The highest BCUT2D eigenvalue weighted by Gasteiger charge is 1.83. The second-order valence-electron chi connectivity index (χ2n) is 1.46.